The van der Waals surface area contributed by atoms with Crippen molar-refractivity contribution in [1.82, 2.24) is 4.90 Å². The number of amides is 1. The van der Waals surface area contributed by atoms with E-state index in [1.54, 1.807) is 17.0 Å². The predicted octanol–water partition coefficient (Wildman–Crippen LogP) is 2.78. The zero-order valence-corrected chi connectivity index (χ0v) is 14.0. The fourth-order valence-corrected chi connectivity index (χ4v) is 2.34. The van der Waals surface area contributed by atoms with Gasteiger partial charge in [0.15, 0.2) is 6.61 Å². The number of hydrogen-bond donors (Lipinski definition) is 1. The molecule has 0 aromatic heterocycles. The van der Waals surface area contributed by atoms with Crippen molar-refractivity contribution in [2.75, 3.05) is 18.9 Å². The van der Waals surface area contributed by atoms with Crippen LogP contribution in [0.2, 0.25) is 0 Å². The molecular weight excluding hydrogens is 304 g/mol. The van der Waals surface area contributed by atoms with Crippen molar-refractivity contribution < 1.29 is 14.3 Å². The summed E-state index contributed by atoms with van der Waals surface area (Å²) in [7, 11) is 0. The lowest BCUT2D eigenvalue weighted by atomic mass is 10.1. The maximum Gasteiger partial charge on any atom is 0.340 e. The molecule has 0 aliphatic rings. The number of esters is 1. The van der Waals surface area contributed by atoms with E-state index in [-0.39, 0.29) is 18.1 Å². The van der Waals surface area contributed by atoms with Crippen LogP contribution in [0.1, 0.15) is 28.4 Å². The van der Waals surface area contributed by atoms with E-state index in [1.807, 2.05) is 50.2 Å². The molecule has 0 atom stereocenters. The van der Waals surface area contributed by atoms with E-state index in [9.17, 15) is 9.59 Å². The normalized spacial score (nSPS) is 10.2. The van der Waals surface area contributed by atoms with Crippen molar-refractivity contribution in [1.29, 1.82) is 0 Å². The number of aryl methyl sites for hydroxylation is 1. The second-order valence-corrected chi connectivity index (χ2v) is 5.51. The predicted molar refractivity (Wildman–Crippen MR) is 93.4 cm³/mol. The zero-order chi connectivity index (χ0) is 17.5. The van der Waals surface area contributed by atoms with Crippen LogP contribution < -0.4 is 5.73 Å². The Hall–Kier alpha value is -2.82. The topological polar surface area (TPSA) is 72.6 Å². The van der Waals surface area contributed by atoms with Crippen LogP contribution in [0.5, 0.6) is 0 Å². The number of carbonyl (C=O) groups is 2. The Morgan fingerprint density at radius 2 is 1.79 bits per heavy atom. The highest BCUT2D eigenvalue weighted by Gasteiger charge is 2.17. The van der Waals surface area contributed by atoms with E-state index in [4.69, 9.17) is 10.5 Å². The summed E-state index contributed by atoms with van der Waals surface area (Å²) in [5, 5.41) is 0. The fraction of sp³-hybridized carbons (Fsp3) is 0.263. The van der Waals surface area contributed by atoms with Crippen LogP contribution >= 0.6 is 0 Å². The van der Waals surface area contributed by atoms with Gasteiger partial charge in [-0.3, -0.25) is 4.79 Å². The number of para-hydroxylation sites is 1. The smallest absolute Gasteiger partial charge is 0.340 e. The summed E-state index contributed by atoms with van der Waals surface area (Å²) >= 11 is 0. The minimum absolute atomic E-state index is 0.235. The summed E-state index contributed by atoms with van der Waals surface area (Å²) in [4.78, 5) is 26.0. The molecule has 0 unspecified atom stereocenters. The molecule has 1 amide bonds. The molecule has 0 fully saturated rings. The molecule has 0 spiro atoms. The third-order valence-corrected chi connectivity index (χ3v) is 3.82. The molecule has 0 aliphatic carbocycles. The van der Waals surface area contributed by atoms with Gasteiger partial charge in [-0.15, -0.1) is 0 Å². The van der Waals surface area contributed by atoms with Gasteiger partial charge in [-0.2, -0.15) is 0 Å². The number of nitrogens with two attached hydrogens (primary N) is 1. The lowest BCUT2D eigenvalue weighted by Crippen LogP contribution is -2.34. The van der Waals surface area contributed by atoms with Crippen molar-refractivity contribution in [2.24, 2.45) is 0 Å². The van der Waals surface area contributed by atoms with Crippen molar-refractivity contribution in [3.8, 4) is 0 Å². The van der Waals surface area contributed by atoms with Crippen LogP contribution in [0.4, 0.5) is 5.69 Å². The van der Waals surface area contributed by atoms with E-state index in [2.05, 4.69) is 0 Å². The molecule has 0 saturated carbocycles. The third kappa shape index (κ3) is 4.35. The molecule has 0 saturated heterocycles. The number of nitrogen functional groups attached to an aromatic ring is 1. The number of benzene rings is 2. The van der Waals surface area contributed by atoms with Crippen molar-refractivity contribution >= 4 is 17.6 Å². The molecule has 0 heterocycles. The molecule has 0 bridgehead atoms. The van der Waals surface area contributed by atoms with Gasteiger partial charge in [0.25, 0.3) is 5.91 Å². The molecule has 126 valence electrons. The van der Waals surface area contributed by atoms with Crippen molar-refractivity contribution in [3.05, 3.63) is 65.2 Å². The van der Waals surface area contributed by atoms with Gasteiger partial charge in [0.05, 0.1) is 5.56 Å². The SMILES string of the molecule is CCN(Cc1ccccc1)C(=O)COC(=O)c1cccc(C)c1N. The first-order valence-electron chi connectivity index (χ1n) is 7.86. The lowest BCUT2D eigenvalue weighted by molar-refractivity contribution is -0.134. The molecule has 2 aromatic carbocycles. The first-order valence-corrected chi connectivity index (χ1v) is 7.86. The van der Waals surface area contributed by atoms with Gasteiger partial charge in [-0.25, -0.2) is 4.79 Å². The summed E-state index contributed by atoms with van der Waals surface area (Å²) in [6, 6.07) is 14.8. The molecule has 0 radical (unpaired) electrons. The van der Waals surface area contributed by atoms with Crippen LogP contribution in [0.15, 0.2) is 48.5 Å². The van der Waals surface area contributed by atoms with E-state index in [1.165, 1.54) is 0 Å². The Labute approximate surface area is 142 Å². The van der Waals surface area contributed by atoms with Crippen molar-refractivity contribution in [3.63, 3.8) is 0 Å². The quantitative estimate of drug-likeness (QED) is 0.654. The zero-order valence-electron chi connectivity index (χ0n) is 14.0. The number of anilines is 1. The minimum Gasteiger partial charge on any atom is -0.452 e. The Bertz CT molecular complexity index is 714. The van der Waals surface area contributed by atoms with E-state index in [0.29, 0.717) is 18.8 Å². The molecule has 2 N–H and O–H groups in total. The van der Waals surface area contributed by atoms with Crippen LogP contribution in [0, 0.1) is 6.92 Å². The molecule has 2 rings (SSSR count). The Morgan fingerprint density at radius 1 is 1.08 bits per heavy atom. The van der Waals surface area contributed by atoms with E-state index in [0.717, 1.165) is 11.1 Å². The van der Waals surface area contributed by atoms with Gasteiger partial charge in [0.1, 0.15) is 0 Å². The summed E-state index contributed by atoms with van der Waals surface area (Å²) in [6.45, 7) is 4.43. The number of nitrogens with zero attached hydrogens (tertiary/aromatic N) is 1. The highest BCUT2D eigenvalue weighted by Crippen LogP contribution is 2.17. The Balaban J connectivity index is 1.95. The number of rotatable bonds is 6. The third-order valence-electron chi connectivity index (χ3n) is 3.82. The molecule has 24 heavy (non-hydrogen) atoms. The average molecular weight is 326 g/mol. The first kappa shape index (κ1) is 17.5. The van der Waals surface area contributed by atoms with Gasteiger partial charge in [0, 0.05) is 18.8 Å². The number of likely N-dealkylation sites (N-methyl/N-ethyl adjacent to an activating group) is 1. The van der Waals surface area contributed by atoms with Gasteiger partial charge in [-0.05, 0) is 31.0 Å². The molecular formula is C19H22N2O3. The lowest BCUT2D eigenvalue weighted by Gasteiger charge is -2.21. The van der Waals surface area contributed by atoms with Crippen LogP contribution in [0.25, 0.3) is 0 Å². The number of carbonyl (C=O) groups excluding carboxylic acids is 2. The van der Waals surface area contributed by atoms with Gasteiger partial charge >= 0.3 is 5.97 Å². The van der Waals surface area contributed by atoms with Crippen LogP contribution in [0.3, 0.4) is 0 Å². The average Bonchev–Trinajstić information content (AvgIpc) is 2.60. The molecule has 5 nitrogen and oxygen atoms in total. The van der Waals surface area contributed by atoms with Crippen molar-refractivity contribution in [2.45, 2.75) is 20.4 Å². The summed E-state index contributed by atoms with van der Waals surface area (Å²) in [6.07, 6.45) is 0. The largest absolute Gasteiger partial charge is 0.452 e. The molecule has 0 aliphatic heterocycles. The Kier molecular flexibility index (Phi) is 5.95. The maximum absolute atomic E-state index is 12.3. The minimum atomic E-state index is -0.583. The van der Waals surface area contributed by atoms with Crippen LogP contribution in [-0.2, 0) is 16.1 Å². The number of ether oxygens (including phenoxy) is 1. The fourth-order valence-electron chi connectivity index (χ4n) is 2.34. The second-order valence-electron chi connectivity index (χ2n) is 5.51. The summed E-state index contributed by atoms with van der Waals surface area (Å²) in [5.41, 5.74) is 8.38. The highest BCUT2D eigenvalue weighted by molar-refractivity contribution is 5.96. The van der Waals surface area contributed by atoms with Gasteiger partial charge in [0.2, 0.25) is 0 Å². The molecule has 2 aromatic rings. The van der Waals surface area contributed by atoms with E-state index < -0.39 is 5.97 Å². The standard InChI is InChI=1S/C19H22N2O3/c1-3-21(12-15-9-5-4-6-10-15)17(22)13-24-19(23)16-11-7-8-14(2)18(16)20/h4-11H,3,12-13,20H2,1-2H3. The monoisotopic (exact) mass is 326 g/mol. The first-order chi connectivity index (χ1) is 11.5. The van der Waals surface area contributed by atoms with Crippen LogP contribution in [-0.4, -0.2) is 29.9 Å². The van der Waals surface area contributed by atoms with Gasteiger partial charge in [-0.1, -0.05) is 42.5 Å². The summed E-state index contributed by atoms with van der Waals surface area (Å²) < 4.78 is 5.14. The summed E-state index contributed by atoms with van der Waals surface area (Å²) in [5.74, 6) is -0.818. The van der Waals surface area contributed by atoms with Gasteiger partial charge < -0.3 is 15.4 Å². The maximum atomic E-state index is 12.3. The second kappa shape index (κ2) is 8.15. The highest BCUT2D eigenvalue weighted by atomic mass is 16.5. The number of hydrogen-bond acceptors (Lipinski definition) is 4. The molecule has 5 heteroatoms. The van der Waals surface area contributed by atoms with E-state index >= 15 is 0 Å². The Morgan fingerprint density at radius 3 is 2.46 bits per heavy atom.